The Hall–Kier alpha value is -1.94. The molecule has 0 aliphatic carbocycles. The van der Waals surface area contributed by atoms with Crippen molar-refractivity contribution in [2.45, 2.75) is 11.5 Å². The maximum Gasteiger partial charge on any atom is 0.277 e. The molecule has 0 amide bonds. The largest absolute Gasteiger partial charge is 0.382 e. The average Bonchev–Trinajstić information content (AvgIpc) is 2.90. The van der Waals surface area contributed by atoms with Crippen LogP contribution >= 0.6 is 11.6 Å². The van der Waals surface area contributed by atoms with Crippen LogP contribution in [0.3, 0.4) is 0 Å². The second-order valence-corrected chi connectivity index (χ2v) is 7.96. The Morgan fingerprint density at radius 1 is 1.27 bits per heavy atom. The number of nitrogens with zero attached hydrogens (tertiary/aromatic N) is 1. The van der Waals surface area contributed by atoms with Crippen molar-refractivity contribution in [3.8, 4) is 0 Å². The Morgan fingerprint density at radius 2 is 1.96 bits per heavy atom. The molecule has 10 heteroatoms. The van der Waals surface area contributed by atoms with Crippen LogP contribution in [0, 0.1) is 0 Å². The van der Waals surface area contributed by atoms with Gasteiger partial charge < -0.3 is 14.6 Å². The van der Waals surface area contributed by atoms with E-state index in [-0.39, 0.29) is 39.8 Å². The highest BCUT2D eigenvalue weighted by molar-refractivity contribution is 7.90. The predicted octanol–water partition coefficient (Wildman–Crippen LogP) is 1.16. The molecule has 1 aromatic heterocycles. The lowest BCUT2D eigenvalue weighted by Gasteiger charge is -2.13. The minimum absolute atomic E-state index is 0.0288. The molecule has 2 aromatic rings. The standard InChI is InChI=1S/C16H19ClN2O6S/c1-19-16(21)11(8-18-19)15(20)10-4-5-13(26(3,22)23)12(14(10)17)9-25-7-6-24-2/h4-5,8,18H,6-7,9H2,1-3H3. The molecule has 0 bridgehead atoms. The van der Waals surface area contributed by atoms with E-state index >= 15 is 0 Å². The molecule has 1 aromatic carbocycles. The summed E-state index contributed by atoms with van der Waals surface area (Å²) in [6.07, 6.45) is 2.32. The van der Waals surface area contributed by atoms with E-state index in [0.717, 1.165) is 10.9 Å². The van der Waals surface area contributed by atoms with E-state index in [9.17, 15) is 18.0 Å². The molecule has 0 unspecified atom stereocenters. The summed E-state index contributed by atoms with van der Waals surface area (Å²) in [5, 5.41) is 2.55. The van der Waals surface area contributed by atoms with Crippen molar-refractivity contribution in [2.24, 2.45) is 7.05 Å². The van der Waals surface area contributed by atoms with Crippen LogP contribution in [0.15, 0.2) is 28.0 Å². The fourth-order valence-electron chi connectivity index (χ4n) is 2.35. The highest BCUT2D eigenvalue weighted by Gasteiger charge is 2.24. The molecular weight excluding hydrogens is 384 g/mol. The van der Waals surface area contributed by atoms with E-state index in [2.05, 4.69) is 5.10 Å². The molecular formula is C16H19ClN2O6S. The van der Waals surface area contributed by atoms with Gasteiger partial charge in [0.25, 0.3) is 5.56 Å². The molecule has 8 nitrogen and oxygen atoms in total. The van der Waals surface area contributed by atoms with Crippen molar-refractivity contribution in [1.29, 1.82) is 0 Å². The first-order valence-corrected chi connectivity index (χ1v) is 9.82. The van der Waals surface area contributed by atoms with Crippen molar-refractivity contribution < 1.29 is 22.7 Å². The molecule has 0 radical (unpaired) electrons. The number of benzene rings is 1. The fraction of sp³-hybridized carbons (Fsp3) is 0.375. The maximum atomic E-state index is 12.7. The van der Waals surface area contributed by atoms with Crippen LogP contribution in [0.4, 0.5) is 0 Å². The Balaban J connectivity index is 2.50. The molecule has 26 heavy (non-hydrogen) atoms. The third kappa shape index (κ3) is 4.24. The number of aryl methyl sites for hydroxylation is 1. The van der Waals surface area contributed by atoms with Gasteiger partial charge in [0.2, 0.25) is 5.78 Å². The molecule has 2 rings (SSSR count). The van der Waals surface area contributed by atoms with Crippen LogP contribution < -0.4 is 5.56 Å². The number of ketones is 1. The van der Waals surface area contributed by atoms with Crippen LogP contribution in [0.2, 0.25) is 5.02 Å². The molecule has 0 aliphatic rings. The second-order valence-electron chi connectivity index (χ2n) is 5.60. The summed E-state index contributed by atoms with van der Waals surface area (Å²) >= 11 is 6.32. The highest BCUT2D eigenvalue weighted by Crippen LogP contribution is 2.30. The number of rotatable bonds is 8. The number of ether oxygens (including phenoxy) is 2. The summed E-state index contributed by atoms with van der Waals surface area (Å²) in [4.78, 5) is 24.6. The van der Waals surface area contributed by atoms with Crippen molar-refractivity contribution >= 4 is 27.2 Å². The second kappa shape index (κ2) is 8.17. The Morgan fingerprint density at radius 3 is 2.50 bits per heavy atom. The van der Waals surface area contributed by atoms with Gasteiger partial charge in [0.15, 0.2) is 9.84 Å². The van der Waals surface area contributed by atoms with Crippen LogP contribution in [0.5, 0.6) is 0 Å². The molecule has 0 atom stereocenters. The SMILES string of the molecule is COCCOCc1c(S(C)(=O)=O)ccc(C(=O)c2c[nH]n(C)c2=O)c1Cl. The van der Waals surface area contributed by atoms with Gasteiger partial charge >= 0.3 is 0 Å². The number of hydrogen-bond acceptors (Lipinski definition) is 6. The number of methoxy groups -OCH3 is 1. The van der Waals surface area contributed by atoms with Crippen LogP contribution in [-0.4, -0.2) is 50.6 Å². The number of carbonyl (C=O) groups excluding carboxylic acids is 1. The minimum Gasteiger partial charge on any atom is -0.382 e. The lowest BCUT2D eigenvalue weighted by molar-refractivity contribution is 0.0607. The smallest absolute Gasteiger partial charge is 0.277 e. The number of halogens is 1. The Kier molecular flexibility index (Phi) is 6.40. The van der Waals surface area contributed by atoms with E-state index in [1.165, 1.54) is 32.5 Å². The van der Waals surface area contributed by atoms with Gasteiger partial charge in [-0.15, -0.1) is 0 Å². The molecule has 142 valence electrons. The molecule has 0 spiro atoms. The summed E-state index contributed by atoms with van der Waals surface area (Å²) in [6, 6.07) is 2.59. The Bertz CT molecular complexity index is 977. The Labute approximate surface area is 155 Å². The summed E-state index contributed by atoms with van der Waals surface area (Å²) < 4.78 is 35.5. The quantitative estimate of drug-likeness (QED) is 0.524. The summed E-state index contributed by atoms with van der Waals surface area (Å²) in [6.45, 7) is 0.438. The summed E-state index contributed by atoms with van der Waals surface area (Å²) in [7, 11) is -0.605. The van der Waals surface area contributed by atoms with E-state index in [1.54, 1.807) is 0 Å². The normalized spacial score (nSPS) is 11.7. The van der Waals surface area contributed by atoms with Gasteiger partial charge in [-0.25, -0.2) is 8.42 Å². The summed E-state index contributed by atoms with van der Waals surface area (Å²) in [5.41, 5.74) is -0.395. The number of nitrogens with one attached hydrogen (secondary N) is 1. The molecule has 0 saturated carbocycles. The summed E-state index contributed by atoms with van der Waals surface area (Å²) in [5.74, 6) is -0.602. The zero-order valence-corrected chi connectivity index (χ0v) is 16.1. The lowest BCUT2D eigenvalue weighted by atomic mass is 10.0. The first kappa shape index (κ1) is 20.4. The van der Waals surface area contributed by atoms with Gasteiger partial charge in [0.05, 0.1) is 29.7 Å². The van der Waals surface area contributed by atoms with Crippen molar-refractivity contribution in [3.63, 3.8) is 0 Å². The molecule has 0 fully saturated rings. The van der Waals surface area contributed by atoms with Crippen LogP contribution in [0.1, 0.15) is 21.5 Å². The van der Waals surface area contributed by atoms with E-state index in [0.29, 0.717) is 6.61 Å². The fourth-order valence-corrected chi connectivity index (χ4v) is 3.63. The van der Waals surface area contributed by atoms with Gasteiger partial charge in [-0.1, -0.05) is 11.6 Å². The van der Waals surface area contributed by atoms with Gasteiger partial charge in [-0.2, -0.15) is 0 Å². The highest BCUT2D eigenvalue weighted by atomic mass is 35.5. The zero-order valence-electron chi connectivity index (χ0n) is 14.5. The van der Waals surface area contributed by atoms with Gasteiger partial charge in [-0.05, 0) is 12.1 Å². The number of aromatic amines is 1. The van der Waals surface area contributed by atoms with E-state index < -0.39 is 21.2 Å². The van der Waals surface area contributed by atoms with Crippen LogP contribution in [0.25, 0.3) is 0 Å². The topological polar surface area (TPSA) is 107 Å². The monoisotopic (exact) mass is 402 g/mol. The number of carbonyl (C=O) groups is 1. The van der Waals surface area contributed by atoms with Crippen molar-refractivity contribution in [1.82, 2.24) is 9.78 Å². The third-order valence-electron chi connectivity index (χ3n) is 3.70. The van der Waals surface area contributed by atoms with Gasteiger partial charge in [0, 0.05) is 37.7 Å². The molecule has 0 aliphatic heterocycles. The van der Waals surface area contributed by atoms with Crippen molar-refractivity contribution in [3.05, 3.63) is 50.4 Å². The molecule has 1 N–H and O–H groups in total. The first-order chi connectivity index (χ1) is 12.2. The number of sulfone groups is 1. The average molecular weight is 403 g/mol. The lowest BCUT2D eigenvalue weighted by Crippen LogP contribution is -2.20. The van der Waals surface area contributed by atoms with E-state index in [1.807, 2.05) is 0 Å². The zero-order chi connectivity index (χ0) is 19.5. The maximum absolute atomic E-state index is 12.7. The predicted molar refractivity (Wildman–Crippen MR) is 95.6 cm³/mol. The third-order valence-corrected chi connectivity index (χ3v) is 5.32. The number of H-pyrrole nitrogens is 1. The van der Waals surface area contributed by atoms with Gasteiger partial charge in [0.1, 0.15) is 5.56 Å². The van der Waals surface area contributed by atoms with Gasteiger partial charge in [-0.3, -0.25) is 14.3 Å². The van der Waals surface area contributed by atoms with Crippen LogP contribution in [-0.2, 0) is 33.0 Å². The number of hydrogen-bond donors (Lipinski definition) is 1. The van der Waals surface area contributed by atoms with E-state index in [4.69, 9.17) is 21.1 Å². The minimum atomic E-state index is -3.59. The number of aromatic nitrogens is 2. The first-order valence-electron chi connectivity index (χ1n) is 7.55. The van der Waals surface area contributed by atoms with Crippen molar-refractivity contribution in [2.75, 3.05) is 26.6 Å². The molecule has 1 heterocycles. The molecule has 0 saturated heterocycles.